The van der Waals surface area contributed by atoms with Gasteiger partial charge in [-0.25, -0.2) is 9.37 Å². The Labute approximate surface area is 132 Å². The van der Waals surface area contributed by atoms with Gasteiger partial charge in [-0.05, 0) is 35.6 Å². The summed E-state index contributed by atoms with van der Waals surface area (Å²) in [5.74, 6) is 1.19. The number of hydrogen-bond donors (Lipinski definition) is 0. The van der Waals surface area contributed by atoms with Gasteiger partial charge < -0.3 is 4.57 Å². The van der Waals surface area contributed by atoms with E-state index in [1.807, 2.05) is 6.07 Å². The van der Waals surface area contributed by atoms with Crippen molar-refractivity contribution < 1.29 is 4.39 Å². The Bertz CT molecular complexity index is 749. The number of rotatable bonds is 4. The van der Waals surface area contributed by atoms with Gasteiger partial charge >= 0.3 is 0 Å². The van der Waals surface area contributed by atoms with Crippen molar-refractivity contribution in [3.05, 3.63) is 52.2 Å². The van der Waals surface area contributed by atoms with E-state index in [1.165, 1.54) is 10.9 Å². The third-order valence-corrected chi connectivity index (χ3v) is 4.77. The summed E-state index contributed by atoms with van der Waals surface area (Å²) in [6.07, 6.45) is 0. The number of alkyl halides is 1. The zero-order chi connectivity index (χ0) is 15.0. The zero-order valence-corrected chi connectivity index (χ0v) is 13.5. The number of benzene rings is 1. The van der Waals surface area contributed by atoms with Crippen LogP contribution in [0, 0.1) is 11.7 Å². The predicted molar refractivity (Wildman–Crippen MR) is 86.5 cm³/mol. The number of nitrogens with zero attached hydrogens (tertiary/aromatic N) is 2. The Kier molecular flexibility index (Phi) is 4.00. The molecule has 0 aliphatic rings. The topological polar surface area (TPSA) is 17.8 Å². The fourth-order valence-electron chi connectivity index (χ4n) is 2.73. The highest BCUT2D eigenvalue weighted by Crippen LogP contribution is 2.34. The largest absolute Gasteiger partial charge is 0.318 e. The molecule has 2 nitrogen and oxygen atoms in total. The molecule has 0 aliphatic heterocycles. The van der Waals surface area contributed by atoms with Crippen LogP contribution in [0.15, 0.2) is 35.7 Å². The lowest BCUT2D eigenvalue weighted by molar-refractivity contribution is 0.443. The maximum Gasteiger partial charge on any atom is 0.125 e. The monoisotopic (exact) mass is 322 g/mol. The first-order valence-electron chi connectivity index (χ1n) is 6.87. The van der Waals surface area contributed by atoms with Crippen LogP contribution in [-0.4, -0.2) is 9.55 Å². The molecule has 0 spiro atoms. The van der Waals surface area contributed by atoms with E-state index in [0.717, 1.165) is 16.9 Å². The molecule has 3 rings (SSSR count). The fourth-order valence-corrected chi connectivity index (χ4v) is 3.91. The van der Waals surface area contributed by atoms with Crippen LogP contribution in [0.5, 0.6) is 0 Å². The molecule has 1 aromatic carbocycles. The molecule has 2 heterocycles. The van der Waals surface area contributed by atoms with E-state index in [2.05, 4.69) is 34.8 Å². The number of halogens is 2. The van der Waals surface area contributed by atoms with Gasteiger partial charge in [-0.2, -0.15) is 0 Å². The summed E-state index contributed by atoms with van der Waals surface area (Å²) in [6.45, 7) is 4.32. The molecule has 0 N–H and O–H groups in total. The predicted octanol–water partition coefficient (Wildman–Crippen LogP) is 5.22. The fraction of sp³-hybridized carbons (Fsp3) is 0.312. The van der Waals surface area contributed by atoms with Crippen LogP contribution in [0.2, 0.25) is 0 Å². The standard InChI is InChI=1S/C16H16ClFN2S/c1-10(2)16(14-4-3-7-21-14)20-13-8-11(18)5-6-12(13)19-15(20)9-17/h3-8,10,16H,9H2,1-2H3. The second kappa shape index (κ2) is 5.78. The average Bonchev–Trinajstić information content (AvgIpc) is 3.07. The molecular weight excluding hydrogens is 307 g/mol. The van der Waals surface area contributed by atoms with Crippen LogP contribution < -0.4 is 0 Å². The molecule has 110 valence electrons. The molecule has 5 heteroatoms. The third kappa shape index (κ3) is 2.58. The Hall–Kier alpha value is -1.39. The lowest BCUT2D eigenvalue weighted by Crippen LogP contribution is -2.17. The molecule has 0 radical (unpaired) electrons. The summed E-state index contributed by atoms with van der Waals surface area (Å²) in [6, 6.07) is 8.96. The molecule has 0 aliphatic carbocycles. The van der Waals surface area contributed by atoms with Gasteiger partial charge in [0.2, 0.25) is 0 Å². The Morgan fingerprint density at radius 2 is 2.14 bits per heavy atom. The van der Waals surface area contributed by atoms with Crippen LogP contribution in [0.1, 0.15) is 30.6 Å². The summed E-state index contributed by atoms with van der Waals surface area (Å²) < 4.78 is 15.8. The SMILES string of the molecule is CC(C)C(c1cccs1)n1c(CCl)nc2ccc(F)cc21. The molecule has 1 unspecified atom stereocenters. The lowest BCUT2D eigenvalue weighted by Gasteiger charge is -2.24. The van der Waals surface area contributed by atoms with Crippen molar-refractivity contribution in [3.8, 4) is 0 Å². The number of imidazole rings is 1. The number of thiophene rings is 1. The maximum absolute atomic E-state index is 13.7. The van der Waals surface area contributed by atoms with Crippen LogP contribution in [0.3, 0.4) is 0 Å². The van der Waals surface area contributed by atoms with Crippen molar-refractivity contribution in [1.82, 2.24) is 9.55 Å². The first-order valence-corrected chi connectivity index (χ1v) is 8.29. The van der Waals surface area contributed by atoms with Crippen molar-refractivity contribution >= 4 is 34.0 Å². The van der Waals surface area contributed by atoms with E-state index in [9.17, 15) is 4.39 Å². The van der Waals surface area contributed by atoms with E-state index < -0.39 is 0 Å². The van der Waals surface area contributed by atoms with Gasteiger partial charge in [0.15, 0.2) is 0 Å². The summed E-state index contributed by atoms with van der Waals surface area (Å²) >= 11 is 7.78. The highest BCUT2D eigenvalue weighted by atomic mass is 35.5. The highest BCUT2D eigenvalue weighted by molar-refractivity contribution is 7.10. The lowest BCUT2D eigenvalue weighted by atomic mass is 10.0. The van der Waals surface area contributed by atoms with Crippen molar-refractivity contribution in [1.29, 1.82) is 0 Å². The quantitative estimate of drug-likeness (QED) is 0.602. The number of aromatic nitrogens is 2. The number of hydrogen-bond acceptors (Lipinski definition) is 2. The normalized spacial score (nSPS) is 13.2. The number of fused-ring (bicyclic) bond motifs is 1. The molecule has 0 saturated carbocycles. The molecule has 1 atom stereocenters. The minimum absolute atomic E-state index is 0.116. The van der Waals surface area contributed by atoms with E-state index >= 15 is 0 Å². The van der Waals surface area contributed by atoms with Gasteiger partial charge in [0, 0.05) is 4.88 Å². The molecule has 21 heavy (non-hydrogen) atoms. The molecule has 0 saturated heterocycles. The Balaban J connectivity index is 2.27. The van der Waals surface area contributed by atoms with Crippen LogP contribution in [0.25, 0.3) is 11.0 Å². The summed E-state index contributed by atoms with van der Waals surface area (Å²) in [7, 11) is 0. The van der Waals surface area contributed by atoms with Gasteiger partial charge in [0.25, 0.3) is 0 Å². The highest BCUT2D eigenvalue weighted by Gasteiger charge is 2.24. The Morgan fingerprint density at radius 1 is 1.33 bits per heavy atom. The van der Waals surface area contributed by atoms with E-state index in [1.54, 1.807) is 23.5 Å². The van der Waals surface area contributed by atoms with Gasteiger partial charge in [-0.3, -0.25) is 0 Å². The van der Waals surface area contributed by atoms with Gasteiger partial charge in [0.1, 0.15) is 11.6 Å². The summed E-state index contributed by atoms with van der Waals surface area (Å²) in [4.78, 5) is 5.79. The molecular formula is C16H16ClFN2S. The van der Waals surface area contributed by atoms with Crippen molar-refractivity contribution in [2.75, 3.05) is 0 Å². The minimum Gasteiger partial charge on any atom is -0.318 e. The first-order chi connectivity index (χ1) is 10.1. The van der Waals surface area contributed by atoms with E-state index in [4.69, 9.17) is 11.6 Å². The molecule has 2 aromatic heterocycles. The molecule has 0 fully saturated rings. The van der Waals surface area contributed by atoms with E-state index in [-0.39, 0.29) is 11.9 Å². The zero-order valence-electron chi connectivity index (χ0n) is 11.9. The second-order valence-corrected chi connectivity index (χ2v) is 6.62. The molecule has 3 aromatic rings. The van der Waals surface area contributed by atoms with Gasteiger partial charge in [-0.1, -0.05) is 19.9 Å². The maximum atomic E-state index is 13.7. The average molecular weight is 323 g/mol. The Morgan fingerprint density at radius 3 is 2.76 bits per heavy atom. The van der Waals surface area contributed by atoms with Gasteiger partial charge in [0.05, 0.1) is 23.0 Å². The third-order valence-electron chi connectivity index (χ3n) is 3.59. The van der Waals surface area contributed by atoms with E-state index in [0.29, 0.717) is 11.8 Å². The molecule has 0 amide bonds. The van der Waals surface area contributed by atoms with Crippen LogP contribution in [-0.2, 0) is 5.88 Å². The van der Waals surface area contributed by atoms with Crippen molar-refractivity contribution in [2.24, 2.45) is 5.92 Å². The van der Waals surface area contributed by atoms with Crippen LogP contribution >= 0.6 is 22.9 Å². The smallest absolute Gasteiger partial charge is 0.125 e. The first kappa shape index (κ1) is 14.5. The van der Waals surface area contributed by atoms with Crippen LogP contribution in [0.4, 0.5) is 4.39 Å². The minimum atomic E-state index is -0.251. The molecule has 0 bridgehead atoms. The van der Waals surface area contributed by atoms with Crippen molar-refractivity contribution in [3.63, 3.8) is 0 Å². The van der Waals surface area contributed by atoms with Crippen molar-refractivity contribution in [2.45, 2.75) is 25.8 Å². The summed E-state index contributed by atoms with van der Waals surface area (Å²) in [5.41, 5.74) is 1.59. The van der Waals surface area contributed by atoms with Gasteiger partial charge in [-0.15, -0.1) is 22.9 Å². The summed E-state index contributed by atoms with van der Waals surface area (Å²) in [5, 5.41) is 2.06. The second-order valence-electron chi connectivity index (χ2n) is 5.37.